The van der Waals surface area contributed by atoms with Gasteiger partial charge in [-0.25, -0.2) is 0 Å². The van der Waals surface area contributed by atoms with Crippen LogP contribution in [0.5, 0.6) is 0 Å². The topological polar surface area (TPSA) is 8.17 Å². The third-order valence-electron chi connectivity index (χ3n) is 7.42. The summed E-state index contributed by atoms with van der Waals surface area (Å²) in [5, 5.41) is 2.48. The molecule has 2 nitrogen and oxygen atoms in total. The summed E-state index contributed by atoms with van der Waals surface area (Å²) in [6.07, 6.45) is 0. The molecule has 0 saturated heterocycles. The van der Waals surface area contributed by atoms with Crippen molar-refractivity contribution >= 4 is 38.9 Å². The molecule has 0 aliphatic heterocycles. The summed E-state index contributed by atoms with van der Waals surface area (Å²) in [6.45, 7) is 2.15. The van der Waals surface area contributed by atoms with Crippen molar-refractivity contribution < 1.29 is 0 Å². The summed E-state index contributed by atoms with van der Waals surface area (Å²) >= 11 is 0. The van der Waals surface area contributed by atoms with Crippen molar-refractivity contribution in [3.8, 4) is 16.8 Å². The Hall–Kier alpha value is -5.08. The van der Waals surface area contributed by atoms with Crippen LogP contribution in [0.15, 0.2) is 152 Å². The predicted octanol–water partition coefficient (Wildman–Crippen LogP) is 10.2. The Kier molecular flexibility index (Phi) is 5.71. The lowest BCUT2D eigenvalue weighted by Crippen LogP contribution is -2.10. The van der Waals surface area contributed by atoms with Gasteiger partial charge in [-0.15, -0.1) is 0 Å². The van der Waals surface area contributed by atoms with E-state index in [2.05, 4.69) is 168 Å². The molecule has 1 aromatic heterocycles. The zero-order valence-corrected chi connectivity index (χ0v) is 21.8. The maximum atomic E-state index is 2.39. The van der Waals surface area contributed by atoms with Gasteiger partial charge < -0.3 is 9.47 Å². The fourth-order valence-corrected chi connectivity index (χ4v) is 5.67. The third-order valence-corrected chi connectivity index (χ3v) is 7.42. The number of para-hydroxylation sites is 2. The molecule has 2 heteroatoms. The quantitative estimate of drug-likeness (QED) is 0.228. The lowest BCUT2D eigenvalue weighted by Gasteiger charge is -2.26. The van der Waals surface area contributed by atoms with Gasteiger partial charge in [0.1, 0.15) is 0 Å². The molecule has 7 aromatic rings. The van der Waals surface area contributed by atoms with E-state index < -0.39 is 0 Å². The van der Waals surface area contributed by atoms with E-state index in [0.29, 0.717) is 0 Å². The van der Waals surface area contributed by atoms with Crippen LogP contribution in [0.25, 0.3) is 38.6 Å². The largest absolute Gasteiger partial charge is 0.310 e. The molecule has 0 amide bonds. The summed E-state index contributed by atoms with van der Waals surface area (Å²) in [6, 6.07) is 54.3. The molecule has 0 saturated carbocycles. The van der Waals surface area contributed by atoms with E-state index in [-0.39, 0.29) is 0 Å². The maximum absolute atomic E-state index is 2.39. The zero-order chi connectivity index (χ0) is 26.2. The molecule has 0 N–H and O–H groups in total. The van der Waals surface area contributed by atoms with Crippen LogP contribution >= 0.6 is 0 Å². The highest BCUT2D eigenvalue weighted by Crippen LogP contribution is 2.43. The van der Waals surface area contributed by atoms with Crippen LogP contribution in [0.2, 0.25) is 0 Å². The number of nitrogens with zero attached hydrogens (tertiary/aromatic N) is 2. The van der Waals surface area contributed by atoms with Gasteiger partial charge in [0, 0.05) is 27.8 Å². The molecule has 0 unspecified atom stereocenters. The van der Waals surface area contributed by atoms with Gasteiger partial charge in [0.2, 0.25) is 0 Å². The fraction of sp³-hybridized carbons (Fsp3) is 0.0270. The van der Waals surface area contributed by atoms with Crippen LogP contribution < -0.4 is 4.90 Å². The molecule has 0 bridgehead atoms. The Balaban J connectivity index is 1.48. The normalized spacial score (nSPS) is 11.2. The zero-order valence-electron chi connectivity index (χ0n) is 21.8. The van der Waals surface area contributed by atoms with Crippen molar-refractivity contribution in [1.29, 1.82) is 0 Å². The van der Waals surface area contributed by atoms with E-state index >= 15 is 0 Å². The highest BCUT2D eigenvalue weighted by molar-refractivity contribution is 6.16. The van der Waals surface area contributed by atoms with Gasteiger partial charge in [-0.3, -0.25) is 0 Å². The van der Waals surface area contributed by atoms with E-state index in [9.17, 15) is 0 Å². The summed E-state index contributed by atoms with van der Waals surface area (Å²) in [5.74, 6) is 0. The number of fused-ring (bicyclic) bond motifs is 3. The maximum Gasteiger partial charge on any atom is 0.0562 e. The predicted molar refractivity (Wildman–Crippen MR) is 166 cm³/mol. The average Bonchev–Trinajstić information content (AvgIpc) is 3.34. The highest BCUT2D eigenvalue weighted by atomic mass is 15.1. The second kappa shape index (κ2) is 9.66. The molecule has 0 aliphatic rings. The second-order valence-corrected chi connectivity index (χ2v) is 9.95. The van der Waals surface area contributed by atoms with Crippen LogP contribution in [0.3, 0.4) is 0 Å². The number of hydrogen-bond acceptors (Lipinski definition) is 1. The molecule has 0 radical (unpaired) electrons. The van der Waals surface area contributed by atoms with E-state index in [1.54, 1.807) is 0 Å². The van der Waals surface area contributed by atoms with E-state index in [4.69, 9.17) is 0 Å². The molecular formula is C37H28N2. The first-order valence-electron chi connectivity index (χ1n) is 13.4. The molecule has 1 heterocycles. The van der Waals surface area contributed by atoms with Crippen molar-refractivity contribution in [3.63, 3.8) is 0 Å². The minimum Gasteiger partial charge on any atom is -0.310 e. The number of benzene rings is 6. The first-order chi connectivity index (χ1) is 19.3. The lowest BCUT2D eigenvalue weighted by atomic mass is 10.1. The van der Waals surface area contributed by atoms with Crippen LogP contribution in [-0.2, 0) is 0 Å². The molecule has 39 heavy (non-hydrogen) atoms. The summed E-state index contributed by atoms with van der Waals surface area (Å²) in [7, 11) is 0. The fourth-order valence-electron chi connectivity index (χ4n) is 5.67. The number of aryl methyl sites for hydroxylation is 1. The Bertz CT molecular complexity index is 1900. The molecule has 7 rings (SSSR count). The van der Waals surface area contributed by atoms with Gasteiger partial charge in [0.15, 0.2) is 0 Å². The molecule has 186 valence electrons. The van der Waals surface area contributed by atoms with Crippen LogP contribution in [0, 0.1) is 6.92 Å². The van der Waals surface area contributed by atoms with Crippen LogP contribution in [0.4, 0.5) is 17.1 Å². The minimum absolute atomic E-state index is 1.14. The van der Waals surface area contributed by atoms with Gasteiger partial charge in [0.25, 0.3) is 0 Å². The van der Waals surface area contributed by atoms with Crippen molar-refractivity contribution in [3.05, 3.63) is 157 Å². The number of aromatic nitrogens is 1. The smallest absolute Gasteiger partial charge is 0.0562 e. The van der Waals surface area contributed by atoms with Crippen LogP contribution in [0.1, 0.15) is 5.56 Å². The van der Waals surface area contributed by atoms with Crippen molar-refractivity contribution in [1.82, 2.24) is 4.57 Å². The van der Waals surface area contributed by atoms with Gasteiger partial charge >= 0.3 is 0 Å². The van der Waals surface area contributed by atoms with E-state index in [1.807, 2.05) is 0 Å². The van der Waals surface area contributed by atoms with Gasteiger partial charge in [-0.05, 0) is 78.2 Å². The molecular weight excluding hydrogens is 472 g/mol. The van der Waals surface area contributed by atoms with Gasteiger partial charge in [0.05, 0.1) is 16.7 Å². The van der Waals surface area contributed by atoms with Gasteiger partial charge in [-0.1, -0.05) is 97.1 Å². The monoisotopic (exact) mass is 500 g/mol. The summed E-state index contributed by atoms with van der Waals surface area (Å²) in [5.41, 5.74) is 10.7. The Morgan fingerprint density at radius 2 is 1.10 bits per heavy atom. The lowest BCUT2D eigenvalue weighted by molar-refractivity contribution is 1.18. The van der Waals surface area contributed by atoms with Crippen molar-refractivity contribution in [2.24, 2.45) is 0 Å². The number of rotatable bonds is 5. The standard InChI is InChI=1S/C37H28N2/c1-27-12-10-17-32(26-27)38(30-15-6-3-7-16-30)35-20-11-21-36-37(35)33-18-8-9-19-34(33)39(36)31-24-22-29(23-25-31)28-13-4-2-5-14-28/h2-26H,1H3. The molecule has 0 spiro atoms. The average molecular weight is 501 g/mol. The Labute approximate surface area is 229 Å². The van der Waals surface area contributed by atoms with E-state index in [0.717, 1.165) is 17.1 Å². The number of anilines is 3. The molecule has 0 aliphatic carbocycles. The molecule has 0 fully saturated rings. The second-order valence-electron chi connectivity index (χ2n) is 9.95. The Morgan fingerprint density at radius 1 is 0.487 bits per heavy atom. The van der Waals surface area contributed by atoms with Crippen LogP contribution in [-0.4, -0.2) is 4.57 Å². The molecule has 6 aromatic carbocycles. The summed E-state index contributed by atoms with van der Waals surface area (Å²) in [4.78, 5) is 2.38. The SMILES string of the molecule is Cc1cccc(N(c2ccccc2)c2cccc3c2c2ccccc2n3-c2ccc(-c3ccccc3)cc2)c1. The highest BCUT2D eigenvalue weighted by Gasteiger charge is 2.20. The Morgan fingerprint density at radius 3 is 1.87 bits per heavy atom. The van der Waals surface area contributed by atoms with Crippen molar-refractivity contribution in [2.45, 2.75) is 6.92 Å². The molecule has 0 atom stereocenters. The summed E-state index contributed by atoms with van der Waals surface area (Å²) < 4.78 is 2.39. The minimum atomic E-state index is 1.14. The first kappa shape index (κ1) is 23.1. The van der Waals surface area contributed by atoms with Crippen molar-refractivity contribution in [2.75, 3.05) is 4.90 Å². The van der Waals surface area contributed by atoms with Gasteiger partial charge in [-0.2, -0.15) is 0 Å². The third kappa shape index (κ3) is 4.07. The van der Waals surface area contributed by atoms with E-state index in [1.165, 1.54) is 44.2 Å². The first-order valence-corrected chi connectivity index (χ1v) is 13.4. The number of hydrogen-bond donors (Lipinski definition) is 0.